The van der Waals surface area contributed by atoms with Crippen LogP contribution < -0.4 is 10.3 Å². The van der Waals surface area contributed by atoms with Crippen molar-refractivity contribution in [2.75, 3.05) is 6.61 Å². The summed E-state index contributed by atoms with van der Waals surface area (Å²) in [6.45, 7) is 3.25. The summed E-state index contributed by atoms with van der Waals surface area (Å²) in [6.07, 6.45) is 5.24. The molecule has 0 saturated heterocycles. The van der Waals surface area contributed by atoms with Gasteiger partial charge in [-0.15, -0.1) is 0 Å². The van der Waals surface area contributed by atoms with E-state index in [2.05, 4.69) is 21.0 Å². The first-order chi connectivity index (χ1) is 17.8. The van der Waals surface area contributed by atoms with Crippen LogP contribution in [0.25, 0.3) is 10.9 Å². The van der Waals surface area contributed by atoms with Crippen molar-refractivity contribution in [3.8, 4) is 5.75 Å². The van der Waals surface area contributed by atoms with Crippen molar-refractivity contribution in [3.05, 3.63) is 72.7 Å². The van der Waals surface area contributed by atoms with E-state index in [4.69, 9.17) is 14.5 Å². The molecule has 37 heavy (non-hydrogen) atoms. The maximum absolute atomic E-state index is 13.5. The second-order valence-electron chi connectivity index (χ2n) is 8.80. The van der Waals surface area contributed by atoms with Crippen molar-refractivity contribution in [1.29, 1.82) is 0 Å². The highest BCUT2D eigenvalue weighted by Crippen LogP contribution is 2.35. The van der Waals surface area contributed by atoms with E-state index in [1.165, 1.54) is 23.9 Å². The molecule has 0 aliphatic heterocycles. The lowest BCUT2D eigenvalue weighted by atomic mass is 9.88. The number of carbonyl (C=O) groups excluding carboxylic acids is 1. The highest BCUT2D eigenvalue weighted by atomic mass is 79.9. The number of rotatable bonds is 8. The average molecular weight is 571 g/mol. The lowest BCUT2D eigenvalue weighted by Crippen LogP contribution is -2.27. The number of para-hydroxylation sites is 1. The Bertz CT molecular complexity index is 1410. The van der Waals surface area contributed by atoms with Gasteiger partial charge in [0.1, 0.15) is 5.82 Å². The Morgan fingerprint density at radius 1 is 1.30 bits per heavy atom. The monoisotopic (exact) mass is 570 g/mol. The zero-order valence-electron chi connectivity index (χ0n) is 20.6. The Labute approximate surface area is 221 Å². The molecule has 0 amide bonds. The third kappa shape index (κ3) is 5.87. The summed E-state index contributed by atoms with van der Waals surface area (Å²) in [5.41, 5.74) is 0.134. The van der Waals surface area contributed by atoms with E-state index in [9.17, 15) is 19.7 Å². The minimum Gasteiger partial charge on any atom is -0.471 e. The van der Waals surface area contributed by atoms with Crippen LogP contribution in [0, 0.1) is 10.1 Å². The Kier molecular flexibility index (Phi) is 8.32. The number of aromatic nitrogens is 2. The van der Waals surface area contributed by atoms with Gasteiger partial charge in [0.2, 0.25) is 5.75 Å². The summed E-state index contributed by atoms with van der Waals surface area (Å²) in [7, 11) is 0. The topological polar surface area (TPSA) is 126 Å². The van der Waals surface area contributed by atoms with Crippen molar-refractivity contribution >= 4 is 44.7 Å². The number of ether oxygens (including phenoxy) is 2. The lowest BCUT2D eigenvalue weighted by molar-refractivity contribution is -0.386. The van der Waals surface area contributed by atoms with Crippen molar-refractivity contribution in [2.45, 2.75) is 58.0 Å². The molecule has 0 bridgehead atoms. The fourth-order valence-corrected chi connectivity index (χ4v) is 4.91. The highest BCUT2D eigenvalue weighted by molar-refractivity contribution is 9.10. The molecule has 11 heteroatoms. The molecule has 0 unspecified atom stereocenters. The molecule has 1 aliphatic carbocycles. The van der Waals surface area contributed by atoms with Crippen LogP contribution in [0.3, 0.4) is 0 Å². The van der Waals surface area contributed by atoms with Gasteiger partial charge >= 0.3 is 11.7 Å². The van der Waals surface area contributed by atoms with Crippen molar-refractivity contribution in [1.82, 2.24) is 9.66 Å². The standard InChI is InChI=1S/C26H27BrN4O6/c1-3-36-26(33)16(2)37-23-18(13-19(27)14-22(23)31(34)35)15-28-30-24(17-9-5-4-6-10-17)29-21-12-8-7-11-20(21)25(30)32/h7-8,11-17H,3-6,9-10H2,1-2H3/t16-/m1/s1. The number of halogens is 1. The molecule has 1 saturated carbocycles. The minimum atomic E-state index is -1.10. The number of esters is 1. The molecule has 2 aromatic carbocycles. The summed E-state index contributed by atoms with van der Waals surface area (Å²) in [5, 5.41) is 16.7. The lowest BCUT2D eigenvalue weighted by Gasteiger charge is -2.22. The van der Waals surface area contributed by atoms with Crippen LogP contribution in [-0.2, 0) is 9.53 Å². The largest absolute Gasteiger partial charge is 0.471 e. The van der Waals surface area contributed by atoms with Gasteiger partial charge in [0.05, 0.1) is 28.6 Å². The zero-order valence-corrected chi connectivity index (χ0v) is 22.1. The summed E-state index contributed by atoms with van der Waals surface area (Å²) < 4.78 is 12.4. The SMILES string of the molecule is CCOC(=O)[C@@H](C)Oc1c(C=Nn2c(C3CCCCC3)nc3ccccc3c2=O)cc(Br)cc1[N+](=O)[O-]. The zero-order chi connectivity index (χ0) is 26.5. The predicted molar refractivity (Wildman–Crippen MR) is 142 cm³/mol. The van der Waals surface area contributed by atoms with Gasteiger partial charge in [-0.3, -0.25) is 14.9 Å². The van der Waals surface area contributed by atoms with Gasteiger partial charge in [-0.25, -0.2) is 9.78 Å². The van der Waals surface area contributed by atoms with Crippen molar-refractivity contribution in [3.63, 3.8) is 0 Å². The molecule has 0 N–H and O–H groups in total. The number of hydrogen-bond donors (Lipinski definition) is 0. The van der Waals surface area contributed by atoms with Gasteiger partial charge in [0.15, 0.2) is 6.10 Å². The predicted octanol–water partition coefficient (Wildman–Crippen LogP) is 5.33. The molecule has 0 spiro atoms. The van der Waals surface area contributed by atoms with Crippen LogP contribution in [0.2, 0.25) is 0 Å². The third-order valence-corrected chi connectivity index (χ3v) is 6.69. The molecular weight excluding hydrogens is 544 g/mol. The smallest absolute Gasteiger partial charge is 0.347 e. The number of carbonyl (C=O) groups is 1. The van der Waals surface area contributed by atoms with E-state index in [0.717, 1.165) is 32.1 Å². The van der Waals surface area contributed by atoms with Crippen LogP contribution in [0.4, 0.5) is 5.69 Å². The van der Waals surface area contributed by atoms with Gasteiger partial charge in [-0.05, 0) is 44.9 Å². The van der Waals surface area contributed by atoms with Crippen LogP contribution in [0.1, 0.15) is 63.3 Å². The van der Waals surface area contributed by atoms with E-state index in [1.54, 1.807) is 31.2 Å². The molecule has 1 heterocycles. The van der Waals surface area contributed by atoms with E-state index in [1.807, 2.05) is 6.07 Å². The number of hydrogen-bond acceptors (Lipinski definition) is 8. The quantitative estimate of drug-likeness (QED) is 0.155. The minimum absolute atomic E-state index is 0.0691. The molecule has 1 aromatic heterocycles. The Morgan fingerprint density at radius 3 is 2.73 bits per heavy atom. The third-order valence-electron chi connectivity index (χ3n) is 6.23. The molecule has 194 valence electrons. The fourth-order valence-electron chi connectivity index (χ4n) is 4.44. The maximum Gasteiger partial charge on any atom is 0.347 e. The summed E-state index contributed by atoms with van der Waals surface area (Å²) in [5.74, 6) is -0.179. The number of nitrogens with zero attached hydrogens (tertiary/aromatic N) is 4. The van der Waals surface area contributed by atoms with Crippen LogP contribution in [0.15, 0.2) is 50.8 Å². The van der Waals surface area contributed by atoms with E-state index < -0.39 is 17.0 Å². The number of nitro groups is 1. The van der Waals surface area contributed by atoms with Gasteiger partial charge in [0, 0.05) is 22.0 Å². The summed E-state index contributed by atoms with van der Waals surface area (Å²) in [6, 6.07) is 9.95. The molecular formula is C26H27BrN4O6. The number of benzene rings is 2. The van der Waals surface area contributed by atoms with Crippen LogP contribution in [0.5, 0.6) is 5.75 Å². The molecule has 1 fully saturated rings. The van der Waals surface area contributed by atoms with Crippen molar-refractivity contribution < 1.29 is 19.2 Å². The van der Waals surface area contributed by atoms with Gasteiger partial charge in [-0.1, -0.05) is 47.3 Å². The van der Waals surface area contributed by atoms with E-state index >= 15 is 0 Å². The second-order valence-corrected chi connectivity index (χ2v) is 9.71. The Hall–Kier alpha value is -3.60. The fraction of sp³-hybridized carbons (Fsp3) is 0.385. The normalized spacial score (nSPS) is 15.1. The Morgan fingerprint density at radius 2 is 2.03 bits per heavy atom. The summed E-state index contributed by atoms with van der Waals surface area (Å²) in [4.78, 5) is 41.6. The van der Waals surface area contributed by atoms with E-state index in [0.29, 0.717) is 21.2 Å². The average Bonchev–Trinajstić information content (AvgIpc) is 2.89. The summed E-state index contributed by atoms with van der Waals surface area (Å²) >= 11 is 3.29. The van der Waals surface area contributed by atoms with Gasteiger partial charge in [-0.2, -0.15) is 9.78 Å². The van der Waals surface area contributed by atoms with Crippen LogP contribution in [-0.4, -0.2) is 39.5 Å². The van der Waals surface area contributed by atoms with Gasteiger partial charge in [0.25, 0.3) is 5.56 Å². The molecule has 4 rings (SSSR count). The van der Waals surface area contributed by atoms with Gasteiger partial charge < -0.3 is 9.47 Å². The molecule has 3 aromatic rings. The molecule has 0 radical (unpaired) electrons. The van der Waals surface area contributed by atoms with Crippen LogP contribution >= 0.6 is 15.9 Å². The first kappa shape index (κ1) is 26.5. The first-order valence-corrected chi connectivity index (χ1v) is 13.0. The molecule has 1 atom stereocenters. The Balaban J connectivity index is 1.84. The van der Waals surface area contributed by atoms with Crippen molar-refractivity contribution in [2.24, 2.45) is 5.10 Å². The maximum atomic E-state index is 13.5. The highest BCUT2D eigenvalue weighted by Gasteiger charge is 2.26. The number of nitro benzene ring substituents is 1. The van der Waals surface area contributed by atoms with E-state index in [-0.39, 0.29) is 35.1 Å². The number of fused-ring (bicyclic) bond motifs is 1. The second kappa shape index (κ2) is 11.6. The molecule has 10 nitrogen and oxygen atoms in total. The molecule has 1 aliphatic rings. The first-order valence-electron chi connectivity index (χ1n) is 12.2.